The average Bonchev–Trinajstić information content (AvgIpc) is 2.59. The van der Waals surface area contributed by atoms with Crippen LogP contribution < -0.4 is 5.73 Å². The van der Waals surface area contributed by atoms with Gasteiger partial charge in [-0.1, -0.05) is 11.6 Å². The number of nitrogens with zero attached hydrogens (tertiary/aromatic N) is 3. The van der Waals surface area contributed by atoms with Crippen LogP contribution in [0.25, 0.3) is 11.1 Å². The maximum Gasteiger partial charge on any atom is 0.410 e. The van der Waals surface area contributed by atoms with E-state index in [4.69, 9.17) is 22.1 Å². The lowest BCUT2D eigenvalue weighted by Gasteiger charge is -2.29. The highest BCUT2D eigenvalue weighted by atomic mass is 35.5. The minimum atomic E-state index is -0.529. The lowest BCUT2D eigenvalue weighted by molar-refractivity contribution is 0.102. The summed E-state index contributed by atoms with van der Waals surface area (Å²) in [5, 5.41) is 9.76. The van der Waals surface area contributed by atoms with Gasteiger partial charge >= 0.3 is 6.09 Å². The van der Waals surface area contributed by atoms with E-state index in [1.165, 1.54) is 17.0 Å². The van der Waals surface area contributed by atoms with Crippen LogP contribution in [0.5, 0.6) is 0 Å². The summed E-state index contributed by atoms with van der Waals surface area (Å²) >= 11 is 5.98. The Bertz CT molecular complexity index is 906. The molecule has 26 heavy (non-hydrogen) atoms. The van der Waals surface area contributed by atoms with Gasteiger partial charge in [-0.05, 0) is 30.7 Å². The fourth-order valence-electron chi connectivity index (χ4n) is 3.08. The fraction of sp³-hybridized carbons (Fsp3) is 0.278. The summed E-state index contributed by atoms with van der Waals surface area (Å²) in [6.45, 7) is 2.61. The van der Waals surface area contributed by atoms with Crippen LogP contribution in [0.3, 0.4) is 0 Å². The number of fused-ring (bicyclic) bond motifs is 1. The van der Waals surface area contributed by atoms with E-state index in [0.29, 0.717) is 35.3 Å². The molecule has 0 spiro atoms. The molecule has 1 aliphatic rings. The minimum absolute atomic E-state index is 0.0752. The summed E-state index contributed by atoms with van der Waals surface area (Å²) in [5.74, 6) is -0.454. The van der Waals surface area contributed by atoms with Crippen molar-refractivity contribution in [2.24, 2.45) is 0 Å². The van der Waals surface area contributed by atoms with Gasteiger partial charge in [0.2, 0.25) is 0 Å². The molecule has 1 amide bonds. The van der Waals surface area contributed by atoms with Crippen molar-refractivity contribution in [1.82, 2.24) is 9.88 Å². The molecule has 0 aliphatic carbocycles. The molecule has 0 bridgehead atoms. The monoisotopic (exact) mass is 374 g/mol. The van der Waals surface area contributed by atoms with E-state index in [-0.39, 0.29) is 29.6 Å². The number of hydrogen-bond donors (Lipinski definition) is 1. The summed E-state index contributed by atoms with van der Waals surface area (Å²) in [7, 11) is 0. The van der Waals surface area contributed by atoms with Gasteiger partial charge in [0.15, 0.2) is 0 Å². The third-order valence-electron chi connectivity index (χ3n) is 4.17. The molecule has 2 heterocycles. The summed E-state index contributed by atoms with van der Waals surface area (Å²) in [6, 6.07) is 6.05. The molecule has 0 unspecified atom stereocenters. The highest BCUT2D eigenvalue weighted by molar-refractivity contribution is 6.30. The average molecular weight is 375 g/mol. The third kappa shape index (κ3) is 3.28. The first-order chi connectivity index (χ1) is 12.4. The van der Waals surface area contributed by atoms with Crippen LogP contribution in [0.1, 0.15) is 23.7 Å². The SMILES string of the molecule is CCOC(=O)N1CCc2nc(N)c(C#N)c(-c3cc(F)cc(Cl)c3)c2C1. The van der Waals surface area contributed by atoms with Crippen LogP contribution in [0.4, 0.5) is 15.0 Å². The molecule has 0 atom stereocenters. The van der Waals surface area contributed by atoms with Crippen LogP contribution in [0, 0.1) is 17.1 Å². The Balaban J connectivity index is 2.19. The van der Waals surface area contributed by atoms with E-state index >= 15 is 0 Å². The number of aromatic nitrogens is 1. The van der Waals surface area contributed by atoms with Gasteiger partial charge in [-0.3, -0.25) is 0 Å². The number of anilines is 1. The first-order valence-electron chi connectivity index (χ1n) is 8.04. The van der Waals surface area contributed by atoms with Crippen LogP contribution >= 0.6 is 11.6 Å². The number of halogens is 2. The predicted octanol–water partition coefficient (Wildman–Crippen LogP) is 3.51. The predicted molar refractivity (Wildman–Crippen MR) is 94.9 cm³/mol. The maximum absolute atomic E-state index is 13.9. The Morgan fingerprint density at radius 3 is 2.92 bits per heavy atom. The van der Waals surface area contributed by atoms with E-state index in [9.17, 15) is 14.4 Å². The first-order valence-corrected chi connectivity index (χ1v) is 8.41. The van der Waals surface area contributed by atoms with Gasteiger partial charge < -0.3 is 15.4 Å². The summed E-state index contributed by atoms with van der Waals surface area (Å²) in [5.41, 5.74) is 8.28. The minimum Gasteiger partial charge on any atom is -0.450 e. The highest BCUT2D eigenvalue weighted by Gasteiger charge is 2.28. The molecule has 134 valence electrons. The third-order valence-corrected chi connectivity index (χ3v) is 4.39. The molecule has 8 heteroatoms. The van der Waals surface area contributed by atoms with Crippen molar-refractivity contribution < 1.29 is 13.9 Å². The number of carbonyl (C=O) groups excluding carboxylic acids is 1. The zero-order valence-corrected chi connectivity index (χ0v) is 14.8. The van der Waals surface area contributed by atoms with Gasteiger partial charge in [-0.15, -0.1) is 0 Å². The Kier molecular flexibility index (Phi) is 4.96. The van der Waals surface area contributed by atoms with Crippen LogP contribution in [0.15, 0.2) is 18.2 Å². The number of pyridine rings is 1. The van der Waals surface area contributed by atoms with Crippen LogP contribution in [-0.2, 0) is 17.7 Å². The first kappa shape index (κ1) is 18.0. The van der Waals surface area contributed by atoms with E-state index in [1.807, 2.05) is 6.07 Å². The molecular formula is C18H16ClFN4O2. The normalized spacial score (nSPS) is 13.1. The number of rotatable bonds is 2. The number of carbonyl (C=O) groups is 1. The Morgan fingerprint density at radius 1 is 1.50 bits per heavy atom. The number of nitrogens with two attached hydrogens (primary N) is 1. The molecule has 2 N–H and O–H groups in total. The second-order valence-electron chi connectivity index (χ2n) is 5.81. The van der Waals surface area contributed by atoms with E-state index in [0.717, 1.165) is 0 Å². The summed E-state index contributed by atoms with van der Waals surface area (Å²) in [4.78, 5) is 17.9. The van der Waals surface area contributed by atoms with E-state index in [2.05, 4.69) is 4.98 Å². The van der Waals surface area contributed by atoms with Crippen molar-refractivity contribution >= 4 is 23.5 Å². The van der Waals surface area contributed by atoms with Crippen LogP contribution in [-0.4, -0.2) is 29.1 Å². The molecule has 6 nitrogen and oxygen atoms in total. The van der Waals surface area contributed by atoms with Gasteiger partial charge in [-0.2, -0.15) is 5.26 Å². The lowest BCUT2D eigenvalue weighted by atomic mass is 9.91. The lowest BCUT2D eigenvalue weighted by Crippen LogP contribution is -2.37. The smallest absolute Gasteiger partial charge is 0.410 e. The van der Waals surface area contributed by atoms with Crippen molar-refractivity contribution in [3.8, 4) is 17.2 Å². The number of benzene rings is 1. The molecule has 0 saturated heterocycles. The molecular weight excluding hydrogens is 359 g/mol. The number of nitriles is 1. The van der Waals surface area contributed by atoms with Gasteiger partial charge in [0.05, 0.1) is 18.8 Å². The van der Waals surface area contributed by atoms with E-state index in [1.54, 1.807) is 13.0 Å². The molecule has 1 aromatic heterocycles. The maximum atomic E-state index is 13.9. The van der Waals surface area contributed by atoms with E-state index < -0.39 is 11.9 Å². The van der Waals surface area contributed by atoms with Gasteiger partial charge in [0, 0.05) is 29.1 Å². The van der Waals surface area contributed by atoms with Gasteiger partial charge in [0.1, 0.15) is 23.3 Å². The number of amides is 1. The van der Waals surface area contributed by atoms with Crippen molar-refractivity contribution in [3.05, 3.63) is 45.9 Å². The van der Waals surface area contributed by atoms with Crippen molar-refractivity contribution in [2.45, 2.75) is 19.9 Å². The number of nitrogen functional groups attached to an aromatic ring is 1. The standard InChI is InChI=1S/C18H16ClFN4O2/c1-2-26-18(25)24-4-3-15-14(9-24)16(13(8-21)17(22)23-15)10-5-11(19)7-12(20)6-10/h5-7H,2-4,9H2,1H3,(H2,22,23). The zero-order chi connectivity index (χ0) is 18.8. The number of hydrogen-bond acceptors (Lipinski definition) is 5. The quantitative estimate of drug-likeness (QED) is 0.868. The Morgan fingerprint density at radius 2 is 2.27 bits per heavy atom. The zero-order valence-electron chi connectivity index (χ0n) is 14.1. The Labute approximate surface area is 154 Å². The van der Waals surface area contributed by atoms with Gasteiger partial charge in [-0.25, -0.2) is 14.2 Å². The number of ether oxygens (including phenoxy) is 1. The fourth-order valence-corrected chi connectivity index (χ4v) is 3.30. The van der Waals surface area contributed by atoms with Crippen LogP contribution in [0.2, 0.25) is 5.02 Å². The second kappa shape index (κ2) is 7.18. The largest absolute Gasteiger partial charge is 0.450 e. The summed E-state index contributed by atoms with van der Waals surface area (Å²) < 4.78 is 18.9. The highest BCUT2D eigenvalue weighted by Crippen LogP contribution is 2.36. The molecule has 3 rings (SSSR count). The molecule has 0 saturated carbocycles. The molecule has 1 aromatic carbocycles. The topological polar surface area (TPSA) is 92.2 Å². The molecule has 2 aromatic rings. The van der Waals surface area contributed by atoms with Crippen molar-refractivity contribution in [3.63, 3.8) is 0 Å². The summed E-state index contributed by atoms with van der Waals surface area (Å²) in [6.07, 6.45) is 0.0109. The second-order valence-corrected chi connectivity index (χ2v) is 6.25. The molecule has 1 aliphatic heterocycles. The van der Waals surface area contributed by atoms with Gasteiger partial charge in [0.25, 0.3) is 0 Å². The molecule has 0 radical (unpaired) electrons. The van der Waals surface area contributed by atoms with Crippen molar-refractivity contribution in [2.75, 3.05) is 18.9 Å². The molecule has 0 fully saturated rings. The Hall–Kier alpha value is -2.85. The van der Waals surface area contributed by atoms with Crippen molar-refractivity contribution in [1.29, 1.82) is 5.26 Å².